The number of benzene rings is 1. The second kappa shape index (κ2) is 6.30. The highest BCUT2D eigenvalue weighted by Crippen LogP contribution is 2.36. The van der Waals surface area contributed by atoms with E-state index in [4.69, 9.17) is 0 Å². The Kier molecular flexibility index (Phi) is 4.40. The van der Waals surface area contributed by atoms with Crippen LogP contribution < -0.4 is 5.32 Å². The number of hydrogen-bond donors (Lipinski definition) is 1. The van der Waals surface area contributed by atoms with Crippen molar-refractivity contribution in [2.45, 2.75) is 44.2 Å². The predicted octanol–water partition coefficient (Wildman–Crippen LogP) is 2.84. The first-order chi connectivity index (χ1) is 10.6. The van der Waals surface area contributed by atoms with Crippen LogP contribution >= 0.6 is 0 Å². The van der Waals surface area contributed by atoms with E-state index in [0.717, 1.165) is 38.5 Å². The van der Waals surface area contributed by atoms with Crippen molar-refractivity contribution in [1.29, 1.82) is 0 Å². The summed E-state index contributed by atoms with van der Waals surface area (Å²) in [5, 5.41) is 14.7. The molecule has 1 aromatic rings. The summed E-state index contributed by atoms with van der Waals surface area (Å²) in [6.45, 7) is 3.12. The van der Waals surface area contributed by atoms with Crippen LogP contribution in [0.15, 0.2) is 18.2 Å². The maximum atomic E-state index is 13.5. The van der Waals surface area contributed by atoms with Crippen LogP contribution in [0.2, 0.25) is 0 Å². The van der Waals surface area contributed by atoms with Crippen LogP contribution in [-0.2, 0) is 6.54 Å². The second-order valence-electron chi connectivity index (χ2n) is 6.41. The van der Waals surface area contributed by atoms with Gasteiger partial charge in [0.2, 0.25) is 0 Å². The highest BCUT2D eigenvalue weighted by Gasteiger charge is 2.40. The molecule has 0 amide bonds. The first-order valence-electron chi connectivity index (χ1n) is 7.99. The van der Waals surface area contributed by atoms with Crippen LogP contribution in [0.1, 0.15) is 37.7 Å². The lowest BCUT2D eigenvalue weighted by molar-refractivity contribution is -0.385. The Labute approximate surface area is 129 Å². The summed E-state index contributed by atoms with van der Waals surface area (Å²) in [4.78, 5) is 13.1. The molecule has 120 valence electrons. The average Bonchev–Trinajstić information content (AvgIpc) is 2.50. The highest BCUT2D eigenvalue weighted by atomic mass is 19.1. The van der Waals surface area contributed by atoms with E-state index in [1.165, 1.54) is 31.4 Å². The Morgan fingerprint density at radius 1 is 1.32 bits per heavy atom. The van der Waals surface area contributed by atoms with Gasteiger partial charge in [-0.05, 0) is 25.0 Å². The molecule has 0 unspecified atom stereocenters. The van der Waals surface area contributed by atoms with Crippen molar-refractivity contribution in [2.75, 3.05) is 19.6 Å². The third-order valence-corrected chi connectivity index (χ3v) is 5.07. The normalized spacial score (nSPS) is 21.9. The van der Waals surface area contributed by atoms with E-state index in [1.54, 1.807) is 0 Å². The molecule has 3 rings (SSSR count). The van der Waals surface area contributed by atoms with Crippen LogP contribution in [0, 0.1) is 15.9 Å². The Hall–Kier alpha value is -1.53. The number of nitrogens with zero attached hydrogens (tertiary/aromatic N) is 2. The summed E-state index contributed by atoms with van der Waals surface area (Å²) in [6.07, 6.45) is 5.88. The fraction of sp³-hybridized carbons (Fsp3) is 0.625. The zero-order valence-electron chi connectivity index (χ0n) is 12.7. The molecular weight excluding hydrogens is 285 g/mol. The van der Waals surface area contributed by atoms with Crippen molar-refractivity contribution in [2.24, 2.45) is 0 Å². The minimum Gasteiger partial charge on any atom is -0.314 e. The van der Waals surface area contributed by atoms with Gasteiger partial charge in [0, 0.05) is 43.3 Å². The Morgan fingerprint density at radius 3 is 2.82 bits per heavy atom. The van der Waals surface area contributed by atoms with Crippen LogP contribution in [0.25, 0.3) is 0 Å². The molecule has 1 heterocycles. The average molecular weight is 307 g/mol. The van der Waals surface area contributed by atoms with Crippen molar-refractivity contribution in [3.05, 3.63) is 39.7 Å². The number of nitrogens with one attached hydrogen (secondary N) is 1. The van der Waals surface area contributed by atoms with Crippen molar-refractivity contribution in [1.82, 2.24) is 10.2 Å². The van der Waals surface area contributed by atoms with Crippen molar-refractivity contribution in [3.63, 3.8) is 0 Å². The molecule has 0 aromatic heterocycles. The minimum atomic E-state index is -0.412. The number of nitro groups is 1. The van der Waals surface area contributed by atoms with Gasteiger partial charge in [0.05, 0.1) is 4.92 Å². The summed E-state index contributed by atoms with van der Waals surface area (Å²) in [5.41, 5.74) is 0.583. The Morgan fingerprint density at radius 2 is 2.09 bits per heavy atom. The van der Waals surface area contributed by atoms with E-state index in [2.05, 4.69) is 10.2 Å². The molecule has 5 nitrogen and oxygen atoms in total. The molecule has 1 aliphatic heterocycles. The molecule has 0 radical (unpaired) electrons. The summed E-state index contributed by atoms with van der Waals surface area (Å²) >= 11 is 0. The SMILES string of the molecule is O=[N+]([O-])c1ccc(F)cc1CN1CCNCC12CCCCC2. The first kappa shape index (κ1) is 15.4. The zero-order valence-corrected chi connectivity index (χ0v) is 12.7. The van der Waals surface area contributed by atoms with E-state index in [0.29, 0.717) is 12.1 Å². The van der Waals surface area contributed by atoms with Gasteiger partial charge in [-0.1, -0.05) is 19.3 Å². The second-order valence-corrected chi connectivity index (χ2v) is 6.41. The number of hydrogen-bond acceptors (Lipinski definition) is 4. The monoisotopic (exact) mass is 307 g/mol. The molecule has 6 heteroatoms. The van der Waals surface area contributed by atoms with Crippen LogP contribution in [0.3, 0.4) is 0 Å². The van der Waals surface area contributed by atoms with Gasteiger partial charge in [0.15, 0.2) is 0 Å². The molecule has 1 aliphatic carbocycles. The largest absolute Gasteiger partial charge is 0.314 e. The van der Waals surface area contributed by atoms with Gasteiger partial charge in [-0.2, -0.15) is 0 Å². The fourth-order valence-electron chi connectivity index (χ4n) is 3.90. The van der Waals surface area contributed by atoms with Gasteiger partial charge >= 0.3 is 0 Å². The third kappa shape index (κ3) is 2.98. The van der Waals surface area contributed by atoms with Gasteiger partial charge in [0.25, 0.3) is 5.69 Å². The van der Waals surface area contributed by atoms with Gasteiger partial charge in [-0.15, -0.1) is 0 Å². The molecule has 2 aliphatic rings. The standard InChI is InChI=1S/C16H22FN3O2/c17-14-4-5-15(20(21)22)13(10-14)11-19-9-8-18-12-16(19)6-2-1-3-7-16/h4-5,10,18H,1-3,6-9,11-12H2. The van der Waals surface area contributed by atoms with Crippen LogP contribution in [0.4, 0.5) is 10.1 Å². The van der Waals surface area contributed by atoms with E-state index >= 15 is 0 Å². The number of halogens is 1. The van der Waals surface area contributed by atoms with Crippen molar-refractivity contribution in [3.8, 4) is 0 Å². The molecule has 1 aromatic carbocycles. The number of nitro benzene ring substituents is 1. The summed E-state index contributed by atoms with van der Waals surface area (Å²) in [5.74, 6) is -0.409. The smallest absolute Gasteiger partial charge is 0.274 e. The number of rotatable bonds is 3. The lowest BCUT2D eigenvalue weighted by atomic mass is 9.79. The molecule has 1 spiro atoms. The molecule has 0 atom stereocenters. The van der Waals surface area contributed by atoms with Gasteiger partial charge in [-0.3, -0.25) is 15.0 Å². The van der Waals surface area contributed by atoms with E-state index in [9.17, 15) is 14.5 Å². The molecule has 2 fully saturated rings. The van der Waals surface area contributed by atoms with Gasteiger partial charge in [-0.25, -0.2) is 4.39 Å². The lowest BCUT2D eigenvalue weighted by Crippen LogP contribution is -2.61. The van der Waals surface area contributed by atoms with E-state index in [1.807, 2.05) is 0 Å². The number of piperazine rings is 1. The molecule has 22 heavy (non-hydrogen) atoms. The van der Waals surface area contributed by atoms with Crippen molar-refractivity contribution < 1.29 is 9.31 Å². The molecule has 1 saturated heterocycles. The maximum Gasteiger partial charge on any atom is 0.274 e. The van der Waals surface area contributed by atoms with Gasteiger partial charge in [0.1, 0.15) is 5.82 Å². The van der Waals surface area contributed by atoms with Crippen LogP contribution in [-0.4, -0.2) is 35.0 Å². The zero-order chi connectivity index (χ0) is 15.6. The molecule has 1 N–H and O–H groups in total. The molecule has 0 bridgehead atoms. The van der Waals surface area contributed by atoms with Crippen LogP contribution in [0.5, 0.6) is 0 Å². The molecule has 1 saturated carbocycles. The third-order valence-electron chi connectivity index (χ3n) is 5.07. The quantitative estimate of drug-likeness (QED) is 0.689. The highest BCUT2D eigenvalue weighted by molar-refractivity contribution is 5.40. The van der Waals surface area contributed by atoms with Crippen molar-refractivity contribution >= 4 is 5.69 Å². The summed E-state index contributed by atoms with van der Waals surface area (Å²) in [7, 11) is 0. The Bertz CT molecular complexity index is 550. The minimum absolute atomic E-state index is 0.0193. The summed E-state index contributed by atoms with van der Waals surface area (Å²) in [6, 6.07) is 3.76. The maximum absolute atomic E-state index is 13.5. The predicted molar refractivity (Wildman–Crippen MR) is 82.2 cm³/mol. The topological polar surface area (TPSA) is 58.4 Å². The first-order valence-corrected chi connectivity index (χ1v) is 7.99. The van der Waals surface area contributed by atoms with E-state index < -0.39 is 10.7 Å². The lowest BCUT2D eigenvalue weighted by Gasteiger charge is -2.50. The molecular formula is C16H22FN3O2. The fourth-order valence-corrected chi connectivity index (χ4v) is 3.90. The van der Waals surface area contributed by atoms with Gasteiger partial charge < -0.3 is 5.32 Å². The summed E-state index contributed by atoms with van der Waals surface area (Å²) < 4.78 is 13.5. The Balaban J connectivity index is 1.87. The van der Waals surface area contributed by atoms with E-state index in [-0.39, 0.29) is 11.2 Å².